The Kier molecular flexibility index (Phi) is 3.24. The predicted octanol–water partition coefficient (Wildman–Crippen LogP) is 2.67. The third-order valence-electron chi connectivity index (χ3n) is 3.57. The van der Waals surface area contributed by atoms with Crippen LogP contribution >= 0.6 is 0 Å². The van der Waals surface area contributed by atoms with Gasteiger partial charge in [-0.1, -0.05) is 6.42 Å². The van der Waals surface area contributed by atoms with Crippen molar-refractivity contribution in [1.82, 2.24) is 0 Å². The maximum atomic E-state index is 13.0. The van der Waals surface area contributed by atoms with E-state index >= 15 is 0 Å². The first-order valence-electron chi connectivity index (χ1n) is 5.74. The average Bonchev–Trinajstić information content (AvgIpc) is 2.21. The van der Waals surface area contributed by atoms with Crippen LogP contribution in [0, 0.1) is 17.0 Å². The second-order valence-corrected chi connectivity index (χ2v) is 4.82. The number of hydrogen-bond acceptors (Lipinski definition) is 2. The van der Waals surface area contributed by atoms with Crippen molar-refractivity contribution >= 4 is 5.78 Å². The van der Waals surface area contributed by atoms with Gasteiger partial charge in [0.25, 0.3) is 0 Å². The van der Waals surface area contributed by atoms with Gasteiger partial charge in [0.15, 0.2) is 5.78 Å². The molecular formula is C13H15F2NO. The molecule has 0 aliphatic heterocycles. The van der Waals surface area contributed by atoms with Crippen LogP contribution in [0.25, 0.3) is 0 Å². The van der Waals surface area contributed by atoms with Crippen LogP contribution in [0.5, 0.6) is 0 Å². The summed E-state index contributed by atoms with van der Waals surface area (Å²) in [6, 6.07) is 2.92. The number of rotatable bonds is 4. The molecule has 2 nitrogen and oxygen atoms in total. The lowest BCUT2D eigenvalue weighted by atomic mass is 9.65. The fourth-order valence-electron chi connectivity index (χ4n) is 2.29. The van der Waals surface area contributed by atoms with Gasteiger partial charge in [-0.05, 0) is 36.9 Å². The molecule has 0 atom stereocenters. The van der Waals surface area contributed by atoms with Crippen molar-refractivity contribution in [2.75, 3.05) is 6.54 Å². The number of halogens is 2. The molecule has 0 heterocycles. The Balaban J connectivity index is 2.14. The minimum atomic E-state index is -0.719. The lowest BCUT2D eigenvalue weighted by molar-refractivity contribution is 0.0785. The molecule has 2 rings (SSSR count). The molecule has 17 heavy (non-hydrogen) atoms. The van der Waals surface area contributed by atoms with Crippen LogP contribution in [-0.4, -0.2) is 12.3 Å². The summed E-state index contributed by atoms with van der Waals surface area (Å²) in [6.07, 6.45) is 3.20. The third kappa shape index (κ3) is 2.52. The Labute approximate surface area is 98.8 Å². The van der Waals surface area contributed by atoms with Crippen LogP contribution in [0.3, 0.4) is 0 Å². The summed E-state index contributed by atoms with van der Waals surface area (Å²) in [5.41, 5.74) is 5.61. The summed E-state index contributed by atoms with van der Waals surface area (Å²) in [7, 11) is 0. The molecule has 0 saturated heterocycles. The zero-order chi connectivity index (χ0) is 12.5. The third-order valence-corrected chi connectivity index (χ3v) is 3.57. The Morgan fingerprint density at radius 3 is 2.24 bits per heavy atom. The first-order valence-corrected chi connectivity index (χ1v) is 5.74. The standard InChI is InChI=1S/C13H15F2NO/c14-10-4-9(5-11(15)6-10)12(17)7-13(8-16)2-1-3-13/h4-6H,1-3,7-8,16H2. The van der Waals surface area contributed by atoms with E-state index in [2.05, 4.69) is 0 Å². The summed E-state index contributed by atoms with van der Waals surface area (Å²) in [5, 5.41) is 0. The van der Waals surface area contributed by atoms with E-state index < -0.39 is 11.6 Å². The number of hydrogen-bond donors (Lipinski definition) is 1. The van der Waals surface area contributed by atoms with E-state index in [1.165, 1.54) is 0 Å². The molecule has 1 aliphatic carbocycles. The Bertz CT molecular complexity index is 415. The lowest BCUT2D eigenvalue weighted by Crippen LogP contribution is -2.39. The minimum Gasteiger partial charge on any atom is -0.330 e. The summed E-state index contributed by atoms with van der Waals surface area (Å²) < 4.78 is 26.0. The van der Waals surface area contributed by atoms with E-state index in [0.29, 0.717) is 6.54 Å². The van der Waals surface area contributed by atoms with Crippen LogP contribution in [0.15, 0.2) is 18.2 Å². The highest BCUT2D eigenvalue weighted by atomic mass is 19.1. The fourth-order valence-corrected chi connectivity index (χ4v) is 2.29. The smallest absolute Gasteiger partial charge is 0.163 e. The van der Waals surface area contributed by atoms with Crippen LogP contribution in [-0.2, 0) is 0 Å². The first-order chi connectivity index (χ1) is 8.04. The summed E-state index contributed by atoms with van der Waals surface area (Å²) in [6.45, 7) is 0.455. The zero-order valence-corrected chi connectivity index (χ0v) is 9.51. The largest absolute Gasteiger partial charge is 0.330 e. The van der Waals surface area contributed by atoms with Gasteiger partial charge in [0.2, 0.25) is 0 Å². The van der Waals surface area contributed by atoms with Gasteiger partial charge >= 0.3 is 0 Å². The van der Waals surface area contributed by atoms with E-state index in [1.54, 1.807) is 0 Å². The Hall–Kier alpha value is -1.29. The van der Waals surface area contributed by atoms with Crippen LogP contribution < -0.4 is 5.73 Å². The summed E-state index contributed by atoms with van der Waals surface area (Å²) >= 11 is 0. The van der Waals surface area contributed by atoms with E-state index in [0.717, 1.165) is 37.5 Å². The van der Waals surface area contributed by atoms with Crippen LogP contribution in [0.1, 0.15) is 36.0 Å². The highest BCUT2D eigenvalue weighted by molar-refractivity contribution is 5.96. The van der Waals surface area contributed by atoms with Crippen molar-refractivity contribution in [3.05, 3.63) is 35.4 Å². The van der Waals surface area contributed by atoms with Crippen molar-refractivity contribution in [3.63, 3.8) is 0 Å². The molecule has 1 aromatic carbocycles. The van der Waals surface area contributed by atoms with Crippen molar-refractivity contribution in [3.8, 4) is 0 Å². The predicted molar refractivity (Wildman–Crippen MR) is 60.6 cm³/mol. The monoisotopic (exact) mass is 239 g/mol. The van der Waals surface area contributed by atoms with E-state index in [1.807, 2.05) is 0 Å². The minimum absolute atomic E-state index is 0.0993. The molecule has 0 bridgehead atoms. The quantitative estimate of drug-likeness (QED) is 0.821. The maximum Gasteiger partial charge on any atom is 0.163 e. The highest BCUT2D eigenvalue weighted by Crippen LogP contribution is 2.43. The highest BCUT2D eigenvalue weighted by Gasteiger charge is 2.37. The van der Waals surface area contributed by atoms with E-state index in [4.69, 9.17) is 5.73 Å². The van der Waals surface area contributed by atoms with Gasteiger partial charge in [-0.3, -0.25) is 4.79 Å². The molecule has 1 fully saturated rings. The molecule has 0 aromatic heterocycles. The number of ketones is 1. The lowest BCUT2D eigenvalue weighted by Gasteiger charge is -2.40. The normalized spacial score (nSPS) is 17.6. The summed E-state index contributed by atoms with van der Waals surface area (Å²) in [5.74, 6) is -1.67. The number of benzene rings is 1. The molecule has 92 valence electrons. The van der Waals surface area contributed by atoms with Gasteiger partial charge in [0.05, 0.1) is 0 Å². The molecule has 1 aromatic rings. The van der Waals surface area contributed by atoms with Gasteiger partial charge in [-0.2, -0.15) is 0 Å². The van der Waals surface area contributed by atoms with E-state index in [-0.39, 0.29) is 23.2 Å². The Morgan fingerprint density at radius 1 is 1.24 bits per heavy atom. The van der Waals surface area contributed by atoms with Crippen molar-refractivity contribution in [2.45, 2.75) is 25.7 Å². The molecule has 1 saturated carbocycles. The molecule has 0 amide bonds. The van der Waals surface area contributed by atoms with E-state index in [9.17, 15) is 13.6 Å². The van der Waals surface area contributed by atoms with Gasteiger partial charge in [0.1, 0.15) is 11.6 Å². The topological polar surface area (TPSA) is 43.1 Å². The van der Waals surface area contributed by atoms with Gasteiger partial charge in [-0.25, -0.2) is 8.78 Å². The summed E-state index contributed by atoms with van der Waals surface area (Å²) in [4.78, 5) is 11.9. The van der Waals surface area contributed by atoms with Gasteiger partial charge < -0.3 is 5.73 Å². The molecule has 0 radical (unpaired) electrons. The maximum absolute atomic E-state index is 13.0. The molecule has 1 aliphatic rings. The molecule has 2 N–H and O–H groups in total. The number of nitrogens with two attached hydrogens (primary N) is 1. The molecule has 0 spiro atoms. The van der Waals surface area contributed by atoms with Gasteiger partial charge in [0, 0.05) is 18.1 Å². The first kappa shape index (κ1) is 12.2. The number of carbonyl (C=O) groups excluding carboxylic acids is 1. The van der Waals surface area contributed by atoms with Crippen LogP contribution in [0.4, 0.5) is 8.78 Å². The average molecular weight is 239 g/mol. The molecular weight excluding hydrogens is 224 g/mol. The molecule has 0 unspecified atom stereocenters. The second-order valence-electron chi connectivity index (χ2n) is 4.82. The van der Waals surface area contributed by atoms with Gasteiger partial charge in [-0.15, -0.1) is 0 Å². The van der Waals surface area contributed by atoms with Crippen molar-refractivity contribution in [1.29, 1.82) is 0 Å². The van der Waals surface area contributed by atoms with Crippen LogP contribution in [0.2, 0.25) is 0 Å². The second kappa shape index (κ2) is 4.53. The molecule has 4 heteroatoms. The fraction of sp³-hybridized carbons (Fsp3) is 0.462. The zero-order valence-electron chi connectivity index (χ0n) is 9.51. The number of carbonyl (C=O) groups is 1. The van der Waals surface area contributed by atoms with Crippen molar-refractivity contribution < 1.29 is 13.6 Å². The SMILES string of the molecule is NCC1(CC(=O)c2cc(F)cc(F)c2)CCC1. The Morgan fingerprint density at radius 2 is 1.82 bits per heavy atom. The van der Waals surface area contributed by atoms with Crippen molar-refractivity contribution in [2.24, 2.45) is 11.1 Å². The number of Topliss-reactive ketones (excluding diaryl/α,β-unsaturated/α-hetero) is 1.